The monoisotopic (exact) mass is 412 g/mol. The van der Waals surface area contributed by atoms with Gasteiger partial charge in [-0.3, -0.25) is 4.79 Å². The number of amides is 1. The number of aromatic nitrogens is 2. The molecule has 5 heteroatoms. The Morgan fingerprint density at radius 1 is 1.10 bits per heavy atom. The Hall–Kier alpha value is -3.18. The molecule has 1 aliphatic rings. The van der Waals surface area contributed by atoms with Gasteiger partial charge in [0.2, 0.25) is 5.91 Å². The molecule has 2 heterocycles. The number of imidazole rings is 1. The van der Waals surface area contributed by atoms with Crippen LogP contribution in [-0.2, 0) is 11.2 Å². The number of carbonyl (C=O) groups is 1. The zero-order valence-corrected chi connectivity index (χ0v) is 17.6. The molecule has 0 spiro atoms. The molecule has 4 aromatic rings. The Morgan fingerprint density at radius 3 is 2.81 bits per heavy atom. The summed E-state index contributed by atoms with van der Waals surface area (Å²) in [7, 11) is 0. The number of aromatic amines is 1. The van der Waals surface area contributed by atoms with Crippen LogP contribution in [0.2, 0.25) is 0 Å². The van der Waals surface area contributed by atoms with E-state index in [9.17, 15) is 4.79 Å². The van der Waals surface area contributed by atoms with Crippen molar-refractivity contribution >= 4 is 27.7 Å². The molecular formula is C26H28N4O. The van der Waals surface area contributed by atoms with Crippen molar-refractivity contribution in [3.63, 3.8) is 0 Å². The number of hydrogen-bond donors (Lipinski definition) is 2. The van der Waals surface area contributed by atoms with Gasteiger partial charge in [0.15, 0.2) is 0 Å². The van der Waals surface area contributed by atoms with E-state index in [1.54, 1.807) is 0 Å². The van der Waals surface area contributed by atoms with Crippen LogP contribution in [0.5, 0.6) is 0 Å². The van der Waals surface area contributed by atoms with Gasteiger partial charge in [0.05, 0.1) is 11.0 Å². The van der Waals surface area contributed by atoms with Crippen LogP contribution in [0.4, 0.5) is 0 Å². The van der Waals surface area contributed by atoms with Gasteiger partial charge in [-0.15, -0.1) is 0 Å². The number of hydrogen-bond acceptors (Lipinski definition) is 3. The second kappa shape index (κ2) is 8.52. The molecule has 5 nitrogen and oxygen atoms in total. The van der Waals surface area contributed by atoms with Gasteiger partial charge >= 0.3 is 0 Å². The molecule has 1 unspecified atom stereocenters. The first-order valence-electron chi connectivity index (χ1n) is 11.1. The van der Waals surface area contributed by atoms with E-state index in [1.165, 1.54) is 16.3 Å². The van der Waals surface area contributed by atoms with Crippen LogP contribution >= 0.6 is 0 Å². The Labute approximate surface area is 182 Å². The first-order chi connectivity index (χ1) is 15.2. The van der Waals surface area contributed by atoms with Crippen LogP contribution in [0, 0.1) is 0 Å². The number of nitrogens with zero attached hydrogens (tertiary/aromatic N) is 2. The number of fused-ring (bicyclic) bond motifs is 2. The average Bonchev–Trinajstić information content (AvgIpc) is 3.24. The van der Waals surface area contributed by atoms with Crippen LogP contribution in [0.25, 0.3) is 21.8 Å². The predicted octanol–water partition coefficient (Wildman–Crippen LogP) is 4.38. The van der Waals surface area contributed by atoms with E-state index < -0.39 is 0 Å². The highest BCUT2D eigenvalue weighted by Crippen LogP contribution is 2.27. The topological polar surface area (TPSA) is 75.0 Å². The zero-order valence-electron chi connectivity index (χ0n) is 17.6. The number of nitrogens with two attached hydrogens (primary N) is 1. The molecular weight excluding hydrogens is 384 g/mol. The van der Waals surface area contributed by atoms with Crippen LogP contribution in [0.3, 0.4) is 0 Å². The number of likely N-dealkylation sites (tertiary alicyclic amines) is 1. The summed E-state index contributed by atoms with van der Waals surface area (Å²) < 4.78 is 0. The van der Waals surface area contributed by atoms with E-state index in [1.807, 2.05) is 35.2 Å². The molecule has 2 atom stereocenters. The largest absolute Gasteiger partial charge is 0.342 e. The number of nitrogens with one attached hydrogen (secondary N) is 1. The standard InChI is InChI=1S/C26H28N4O/c27-21(15-19-9-5-8-18-7-1-2-11-22(18)19)16-25(31)30-14-6-10-20(17-30)26-28-23-12-3-4-13-24(23)29-26/h1-5,7-9,11-13,20-21H,6,10,14-17,27H2,(H,28,29)/t20?,21-/m1/s1. The van der Waals surface area contributed by atoms with Gasteiger partial charge in [0.1, 0.15) is 5.82 Å². The summed E-state index contributed by atoms with van der Waals surface area (Å²) in [5, 5.41) is 2.43. The minimum atomic E-state index is -0.190. The lowest BCUT2D eigenvalue weighted by molar-refractivity contribution is -0.132. The van der Waals surface area contributed by atoms with Crippen LogP contribution in [-0.4, -0.2) is 39.9 Å². The fourth-order valence-corrected chi connectivity index (χ4v) is 4.77. The van der Waals surface area contributed by atoms with Crippen molar-refractivity contribution in [3.8, 4) is 0 Å². The van der Waals surface area contributed by atoms with E-state index in [4.69, 9.17) is 10.7 Å². The Kier molecular flexibility index (Phi) is 5.43. The summed E-state index contributed by atoms with van der Waals surface area (Å²) in [4.78, 5) is 23.2. The maximum atomic E-state index is 13.0. The maximum Gasteiger partial charge on any atom is 0.224 e. The van der Waals surface area contributed by atoms with E-state index in [0.717, 1.165) is 36.2 Å². The molecule has 1 amide bonds. The summed E-state index contributed by atoms with van der Waals surface area (Å²) in [5.74, 6) is 1.38. The van der Waals surface area contributed by atoms with E-state index in [2.05, 4.69) is 41.4 Å². The third kappa shape index (κ3) is 4.19. The third-order valence-electron chi connectivity index (χ3n) is 6.37. The SMILES string of the molecule is N[C@@H](CC(=O)N1CCCC(c2nc3ccccc3[nH]2)C1)Cc1cccc2ccccc12. The Balaban J connectivity index is 1.24. The highest BCUT2D eigenvalue weighted by atomic mass is 16.2. The number of rotatable bonds is 5. The normalized spacial score (nSPS) is 17.8. The molecule has 0 aliphatic carbocycles. The fourth-order valence-electron chi connectivity index (χ4n) is 4.77. The van der Waals surface area contributed by atoms with Gasteiger partial charge in [0.25, 0.3) is 0 Å². The van der Waals surface area contributed by atoms with Crippen LogP contribution < -0.4 is 5.73 Å². The molecule has 1 aromatic heterocycles. The molecule has 0 bridgehead atoms. The summed E-state index contributed by atoms with van der Waals surface area (Å²) in [6, 6.07) is 22.5. The number of carbonyl (C=O) groups excluding carboxylic acids is 1. The summed E-state index contributed by atoms with van der Waals surface area (Å²) >= 11 is 0. The second-order valence-corrected chi connectivity index (χ2v) is 8.62. The van der Waals surface area contributed by atoms with Crippen molar-refractivity contribution in [2.75, 3.05) is 13.1 Å². The van der Waals surface area contributed by atoms with Crippen LogP contribution in [0.1, 0.15) is 36.6 Å². The molecule has 1 saturated heterocycles. The first kappa shape index (κ1) is 19.8. The molecule has 3 N–H and O–H groups in total. The minimum absolute atomic E-state index is 0.147. The van der Waals surface area contributed by atoms with E-state index in [0.29, 0.717) is 19.4 Å². The molecule has 0 saturated carbocycles. The van der Waals surface area contributed by atoms with Crippen molar-refractivity contribution in [1.29, 1.82) is 0 Å². The van der Waals surface area contributed by atoms with Gasteiger partial charge in [-0.2, -0.15) is 0 Å². The minimum Gasteiger partial charge on any atom is -0.342 e. The second-order valence-electron chi connectivity index (χ2n) is 8.62. The van der Waals surface area contributed by atoms with E-state index >= 15 is 0 Å². The van der Waals surface area contributed by atoms with Crippen molar-refractivity contribution in [1.82, 2.24) is 14.9 Å². The van der Waals surface area contributed by atoms with Gasteiger partial charge < -0.3 is 15.6 Å². The van der Waals surface area contributed by atoms with Gasteiger partial charge in [-0.25, -0.2) is 4.98 Å². The molecule has 158 valence electrons. The Bertz CT molecular complexity index is 1180. The molecule has 5 rings (SSSR count). The lowest BCUT2D eigenvalue weighted by Crippen LogP contribution is -2.42. The van der Waals surface area contributed by atoms with Crippen molar-refractivity contribution in [2.24, 2.45) is 5.73 Å². The van der Waals surface area contributed by atoms with Crippen molar-refractivity contribution in [3.05, 3.63) is 78.1 Å². The highest BCUT2D eigenvalue weighted by Gasteiger charge is 2.27. The molecule has 1 aliphatic heterocycles. The fraction of sp³-hybridized carbons (Fsp3) is 0.308. The molecule has 1 fully saturated rings. The lowest BCUT2D eigenvalue weighted by Gasteiger charge is -2.32. The molecule has 31 heavy (non-hydrogen) atoms. The predicted molar refractivity (Wildman–Crippen MR) is 125 cm³/mol. The van der Waals surface area contributed by atoms with Crippen molar-refractivity contribution < 1.29 is 4.79 Å². The number of para-hydroxylation sites is 2. The lowest BCUT2D eigenvalue weighted by atomic mass is 9.95. The molecule has 3 aromatic carbocycles. The Morgan fingerprint density at radius 2 is 1.90 bits per heavy atom. The number of H-pyrrole nitrogens is 1. The smallest absolute Gasteiger partial charge is 0.224 e. The van der Waals surface area contributed by atoms with Crippen LogP contribution in [0.15, 0.2) is 66.7 Å². The van der Waals surface area contributed by atoms with Gasteiger partial charge in [-0.05, 0) is 47.7 Å². The zero-order chi connectivity index (χ0) is 21.2. The highest BCUT2D eigenvalue weighted by molar-refractivity contribution is 5.86. The summed E-state index contributed by atoms with van der Waals surface area (Å²) in [6.07, 6.45) is 3.11. The summed E-state index contributed by atoms with van der Waals surface area (Å²) in [6.45, 7) is 1.51. The van der Waals surface area contributed by atoms with Gasteiger partial charge in [0, 0.05) is 31.5 Å². The maximum absolute atomic E-state index is 13.0. The van der Waals surface area contributed by atoms with Crippen molar-refractivity contribution in [2.45, 2.75) is 37.6 Å². The molecule has 0 radical (unpaired) electrons. The number of benzene rings is 3. The number of piperidine rings is 1. The quantitative estimate of drug-likeness (QED) is 0.511. The summed E-state index contributed by atoms with van der Waals surface area (Å²) in [5.41, 5.74) is 9.68. The average molecular weight is 413 g/mol. The third-order valence-corrected chi connectivity index (χ3v) is 6.37. The van der Waals surface area contributed by atoms with Gasteiger partial charge in [-0.1, -0.05) is 54.6 Å². The first-order valence-corrected chi connectivity index (χ1v) is 11.1. The van der Waals surface area contributed by atoms with E-state index in [-0.39, 0.29) is 17.9 Å².